The summed E-state index contributed by atoms with van der Waals surface area (Å²) in [7, 11) is 0. The van der Waals surface area contributed by atoms with E-state index in [9.17, 15) is 4.89 Å². The Morgan fingerprint density at radius 2 is 1.47 bits per heavy atom. The monoisotopic (exact) mass is 262 g/mol. The average Bonchev–Trinajstić information content (AvgIpc) is 2.27. The van der Waals surface area contributed by atoms with Gasteiger partial charge in [-0.1, -0.05) is 0 Å². The van der Waals surface area contributed by atoms with Gasteiger partial charge in [-0.3, -0.25) is 0 Å². The zero-order chi connectivity index (χ0) is 13.6. The first-order chi connectivity index (χ1) is 7.78. The molecule has 1 nitrogen and oxygen atoms in total. The first-order valence-corrected chi connectivity index (χ1v) is 10.5. The van der Waals surface area contributed by atoms with Crippen LogP contribution in [0.2, 0.25) is 0 Å². The molecule has 0 rings (SSSR count). The van der Waals surface area contributed by atoms with E-state index in [2.05, 4.69) is 41.3 Å². The van der Waals surface area contributed by atoms with Gasteiger partial charge in [0, 0.05) is 0 Å². The van der Waals surface area contributed by atoms with Gasteiger partial charge in [0.05, 0.1) is 0 Å². The topological polar surface area (TPSA) is 20.2 Å². The van der Waals surface area contributed by atoms with Gasteiger partial charge < -0.3 is 0 Å². The van der Waals surface area contributed by atoms with Gasteiger partial charge in [0.2, 0.25) is 0 Å². The van der Waals surface area contributed by atoms with Crippen molar-refractivity contribution in [2.75, 3.05) is 12.8 Å². The summed E-state index contributed by atoms with van der Waals surface area (Å²) in [6.45, 7) is 10.9. The predicted molar refractivity (Wildman–Crippen MR) is 83.6 cm³/mol. The van der Waals surface area contributed by atoms with E-state index in [4.69, 9.17) is 0 Å². The van der Waals surface area contributed by atoms with Crippen LogP contribution in [0, 0.1) is 0 Å². The van der Waals surface area contributed by atoms with Crippen LogP contribution in [0.4, 0.5) is 0 Å². The molecule has 17 heavy (non-hydrogen) atoms. The Morgan fingerprint density at radius 3 is 1.88 bits per heavy atom. The van der Waals surface area contributed by atoms with E-state index < -0.39 is 6.83 Å². The quantitative estimate of drug-likeness (QED) is 0.444. The van der Waals surface area contributed by atoms with Crippen molar-refractivity contribution < 1.29 is 4.89 Å². The van der Waals surface area contributed by atoms with E-state index >= 15 is 0 Å². The summed E-state index contributed by atoms with van der Waals surface area (Å²) in [5.41, 5.74) is 0.939. The molecule has 106 valence electrons. The molecule has 0 saturated heterocycles. The van der Waals surface area contributed by atoms with Crippen molar-refractivity contribution in [3.8, 4) is 0 Å². The van der Waals surface area contributed by atoms with Crippen LogP contribution in [-0.2, 0) is 0 Å². The summed E-state index contributed by atoms with van der Waals surface area (Å²) < 4.78 is 0. The van der Waals surface area contributed by atoms with Crippen LogP contribution in [0.15, 0.2) is 0 Å². The minimum atomic E-state index is -2.47. The van der Waals surface area contributed by atoms with E-state index in [0.29, 0.717) is 11.3 Å². The van der Waals surface area contributed by atoms with Crippen LogP contribution in [0.25, 0.3) is 0 Å². The van der Waals surface area contributed by atoms with E-state index in [1.165, 1.54) is 32.1 Å². The molecule has 0 aliphatic rings. The summed E-state index contributed by atoms with van der Waals surface area (Å²) in [5, 5.41) is 0. The molecule has 0 radical (unpaired) electrons. The van der Waals surface area contributed by atoms with Gasteiger partial charge in [-0.15, -0.1) is 0 Å². The van der Waals surface area contributed by atoms with Crippen molar-refractivity contribution in [3.05, 3.63) is 0 Å². The van der Waals surface area contributed by atoms with Gasteiger partial charge in [0.15, 0.2) is 0 Å². The molecule has 0 aromatic heterocycles. The fourth-order valence-electron chi connectivity index (χ4n) is 2.61. The summed E-state index contributed by atoms with van der Waals surface area (Å²) in [4.78, 5) is 11.3. The zero-order valence-electron chi connectivity index (χ0n) is 13.0. The molecule has 0 aromatic rings. The van der Waals surface area contributed by atoms with Crippen molar-refractivity contribution >= 4 is 6.83 Å². The summed E-state index contributed by atoms with van der Waals surface area (Å²) in [6.07, 6.45) is 8.67. The molecule has 1 unspecified atom stereocenters. The van der Waals surface area contributed by atoms with Crippen molar-refractivity contribution in [1.29, 1.82) is 0 Å². The van der Waals surface area contributed by atoms with E-state index in [0.717, 1.165) is 12.6 Å². The van der Waals surface area contributed by atoms with Crippen molar-refractivity contribution in [3.63, 3.8) is 0 Å². The maximum atomic E-state index is 11.3. The minimum absolute atomic E-state index is 0.446. The first kappa shape index (κ1) is 17.4. The number of unbranched alkanes of at least 4 members (excludes halogenated alkanes) is 4. The fraction of sp³-hybridized carbons (Fsp3) is 1.00. The third kappa shape index (κ3) is 4.52. The van der Waals surface area contributed by atoms with E-state index in [-0.39, 0.29) is 0 Å². The Kier molecular flexibility index (Phi) is 7.26. The molecule has 2 heteroatoms. The van der Waals surface area contributed by atoms with Gasteiger partial charge in [-0.05, 0) is 0 Å². The van der Waals surface area contributed by atoms with Gasteiger partial charge in [0.25, 0.3) is 0 Å². The predicted octanol–water partition coefficient (Wildman–Crippen LogP) is 5.25. The Morgan fingerprint density at radius 1 is 0.941 bits per heavy atom. The van der Waals surface area contributed by atoms with E-state index in [1.54, 1.807) is 0 Å². The number of hydrogen-bond donors (Lipinski definition) is 1. The second kappa shape index (κ2) is 7.10. The van der Waals surface area contributed by atoms with Gasteiger partial charge in [0.1, 0.15) is 0 Å². The molecule has 0 amide bonds. The van der Waals surface area contributed by atoms with Gasteiger partial charge >= 0.3 is 109 Å². The summed E-state index contributed by atoms with van der Waals surface area (Å²) in [6, 6.07) is 0. The van der Waals surface area contributed by atoms with Crippen molar-refractivity contribution in [1.82, 2.24) is 0 Å². The van der Waals surface area contributed by atoms with Crippen LogP contribution >= 0.6 is 6.83 Å². The Labute approximate surface area is 109 Å². The third-order valence-corrected chi connectivity index (χ3v) is 12.1. The van der Waals surface area contributed by atoms with Crippen LogP contribution in [0.5, 0.6) is 0 Å². The Balaban J connectivity index is 4.42. The molecule has 0 bridgehead atoms. The van der Waals surface area contributed by atoms with Gasteiger partial charge in [-0.25, -0.2) is 0 Å². The van der Waals surface area contributed by atoms with Crippen molar-refractivity contribution in [2.45, 2.75) is 84.5 Å². The second-order valence-corrected chi connectivity index (χ2v) is 12.6. The van der Waals surface area contributed by atoms with Crippen molar-refractivity contribution in [2.24, 2.45) is 0 Å². The molecular weight excluding hydrogens is 227 g/mol. The molecule has 0 aliphatic heterocycles. The molecule has 1 atom stereocenters. The first-order valence-electron chi connectivity index (χ1n) is 7.53. The molecule has 1 N–H and O–H groups in total. The number of rotatable bonds is 9. The standard InChI is InChI=1S/C15H35OP/c1-7-9-10-11-12-13-17(6,16,14(3)4)15(5)8-2/h14-16H,7-13H2,1-6H3. The maximum absolute atomic E-state index is 11.3. The van der Waals surface area contributed by atoms with E-state index in [1.807, 2.05) is 0 Å². The molecule has 0 spiro atoms. The van der Waals surface area contributed by atoms with Crippen LogP contribution in [-0.4, -0.2) is 29.0 Å². The van der Waals surface area contributed by atoms with Gasteiger partial charge in [-0.2, -0.15) is 0 Å². The normalized spacial score (nSPS) is 16.8. The third-order valence-electron chi connectivity index (χ3n) is 5.05. The van der Waals surface area contributed by atoms with Crippen LogP contribution < -0.4 is 0 Å². The average molecular weight is 262 g/mol. The molecule has 0 aliphatic carbocycles. The summed E-state index contributed by atoms with van der Waals surface area (Å²) >= 11 is 0. The van der Waals surface area contributed by atoms with Crippen LogP contribution in [0.3, 0.4) is 0 Å². The molecule has 0 saturated carbocycles. The fourth-order valence-corrected chi connectivity index (χ4v) is 6.63. The Bertz CT molecular complexity index is 211. The molecular formula is C15H35OP. The Hall–Kier alpha value is 0.390. The molecule has 0 aromatic carbocycles. The SMILES string of the molecule is CCCCCCCP(C)(O)(C(C)C)C(C)CC. The molecule has 0 heterocycles. The number of hydrogen-bond acceptors (Lipinski definition) is 1. The molecule has 0 fully saturated rings. The summed E-state index contributed by atoms with van der Waals surface area (Å²) in [5.74, 6) is 0. The zero-order valence-corrected chi connectivity index (χ0v) is 13.9. The second-order valence-electron chi connectivity index (χ2n) is 6.41. The van der Waals surface area contributed by atoms with Crippen LogP contribution in [0.1, 0.15) is 73.1 Å².